The molecule has 5 heteroatoms. The molecule has 0 aliphatic heterocycles. The fourth-order valence-electron chi connectivity index (χ4n) is 2.52. The number of ether oxygens (including phenoxy) is 1. The second-order valence-electron chi connectivity index (χ2n) is 6.29. The van der Waals surface area contributed by atoms with Gasteiger partial charge in [0.2, 0.25) is 0 Å². The molecule has 2 aromatic carbocycles. The first-order valence-electron chi connectivity index (χ1n) is 8.26. The van der Waals surface area contributed by atoms with Crippen molar-refractivity contribution in [3.8, 4) is 0 Å². The van der Waals surface area contributed by atoms with Crippen LogP contribution in [-0.2, 0) is 17.9 Å². The smallest absolute Gasteiger partial charge is 0.254 e. The van der Waals surface area contributed by atoms with E-state index in [-0.39, 0.29) is 11.7 Å². The van der Waals surface area contributed by atoms with E-state index in [0.29, 0.717) is 25.3 Å². The molecule has 0 atom stereocenters. The van der Waals surface area contributed by atoms with Crippen LogP contribution < -0.4 is 0 Å². The molecule has 1 amide bonds. The molecule has 2 rings (SSSR count). The zero-order chi connectivity index (χ0) is 18.2. The predicted octanol–water partition coefficient (Wildman–Crippen LogP) is 3.18. The minimum atomic E-state index is -0.290. The Kier molecular flexibility index (Phi) is 7.10. The Morgan fingerprint density at radius 2 is 1.76 bits per heavy atom. The molecule has 0 fully saturated rings. The average molecular weight is 344 g/mol. The minimum absolute atomic E-state index is 0.0601. The number of carbonyl (C=O) groups excluding carboxylic acids is 1. The molecule has 0 aromatic heterocycles. The van der Waals surface area contributed by atoms with Gasteiger partial charge in [0.1, 0.15) is 5.82 Å². The third kappa shape index (κ3) is 5.96. The number of hydrogen-bond acceptors (Lipinski definition) is 3. The molecule has 0 heterocycles. The zero-order valence-corrected chi connectivity index (χ0v) is 15.0. The van der Waals surface area contributed by atoms with Crippen molar-refractivity contribution in [2.75, 3.05) is 34.3 Å². The van der Waals surface area contributed by atoms with E-state index in [1.54, 1.807) is 18.1 Å². The predicted molar refractivity (Wildman–Crippen MR) is 96.8 cm³/mol. The molecule has 0 aliphatic rings. The van der Waals surface area contributed by atoms with E-state index < -0.39 is 0 Å². The van der Waals surface area contributed by atoms with Crippen LogP contribution in [0.2, 0.25) is 0 Å². The van der Waals surface area contributed by atoms with Crippen LogP contribution in [0.3, 0.4) is 0 Å². The Hall–Kier alpha value is -2.24. The molecule has 0 bridgehead atoms. The summed E-state index contributed by atoms with van der Waals surface area (Å²) in [5.41, 5.74) is 2.42. The van der Waals surface area contributed by atoms with Crippen molar-refractivity contribution in [1.82, 2.24) is 9.80 Å². The molecule has 0 saturated carbocycles. The molecule has 0 spiro atoms. The summed E-state index contributed by atoms with van der Waals surface area (Å²) in [6.07, 6.45) is 0. The first-order valence-corrected chi connectivity index (χ1v) is 8.26. The molecule has 0 unspecified atom stereocenters. The van der Waals surface area contributed by atoms with E-state index in [0.717, 1.165) is 17.7 Å². The number of hydrogen-bond donors (Lipinski definition) is 0. The highest BCUT2D eigenvalue weighted by atomic mass is 19.1. The Labute approximate surface area is 148 Å². The number of likely N-dealkylation sites (N-methyl/N-ethyl adjacent to an activating group) is 1. The molecule has 0 radical (unpaired) electrons. The van der Waals surface area contributed by atoms with Gasteiger partial charge in [-0.05, 0) is 49.5 Å². The van der Waals surface area contributed by atoms with Crippen LogP contribution in [0, 0.1) is 5.82 Å². The van der Waals surface area contributed by atoms with Gasteiger partial charge < -0.3 is 14.5 Å². The normalized spacial score (nSPS) is 10.9. The van der Waals surface area contributed by atoms with Gasteiger partial charge in [-0.1, -0.05) is 24.3 Å². The first-order chi connectivity index (χ1) is 12.0. The minimum Gasteiger partial charge on any atom is -0.380 e. The lowest BCUT2D eigenvalue weighted by Crippen LogP contribution is -2.36. The Morgan fingerprint density at radius 1 is 1.04 bits per heavy atom. The summed E-state index contributed by atoms with van der Waals surface area (Å²) < 4.78 is 18.5. The Balaban J connectivity index is 2.16. The van der Waals surface area contributed by atoms with E-state index in [9.17, 15) is 9.18 Å². The fourth-order valence-corrected chi connectivity index (χ4v) is 2.52. The number of rotatable bonds is 8. The molecule has 2 aromatic rings. The van der Waals surface area contributed by atoms with Gasteiger partial charge in [0.15, 0.2) is 0 Å². The summed E-state index contributed by atoms with van der Waals surface area (Å²) >= 11 is 0. The number of amides is 1. The summed E-state index contributed by atoms with van der Waals surface area (Å²) in [7, 11) is 5.57. The van der Waals surface area contributed by atoms with Gasteiger partial charge in [0.05, 0.1) is 6.61 Å². The SMILES string of the molecule is COCc1ccc(C(=O)N(CCN(C)C)Cc2cccc(F)c2)cc1. The number of halogens is 1. The van der Waals surface area contributed by atoms with Crippen LogP contribution in [0.4, 0.5) is 4.39 Å². The maximum atomic E-state index is 13.4. The van der Waals surface area contributed by atoms with Gasteiger partial charge in [0, 0.05) is 32.3 Å². The number of carbonyl (C=O) groups is 1. The summed E-state index contributed by atoms with van der Waals surface area (Å²) in [6, 6.07) is 13.8. The average Bonchev–Trinajstić information content (AvgIpc) is 2.59. The van der Waals surface area contributed by atoms with E-state index in [4.69, 9.17) is 4.74 Å². The third-order valence-corrected chi connectivity index (χ3v) is 3.88. The fraction of sp³-hybridized carbons (Fsp3) is 0.350. The molecular weight excluding hydrogens is 319 g/mol. The molecule has 0 N–H and O–H groups in total. The van der Waals surface area contributed by atoms with Crippen molar-refractivity contribution in [2.24, 2.45) is 0 Å². The molecule has 4 nitrogen and oxygen atoms in total. The zero-order valence-electron chi connectivity index (χ0n) is 15.0. The van der Waals surface area contributed by atoms with Gasteiger partial charge >= 0.3 is 0 Å². The van der Waals surface area contributed by atoms with Crippen molar-refractivity contribution >= 4 is 5.91 Å². The number of methoxy groups -OCH3 is 1. The second-order valence-corrected chi connectivity index (χ2v) is 6.29. The highest BCUT2D eigenvalue weighted by Gasteiger charge is 2.16. The van der Waals surface area contributed by atoms with Gasteiger partial charge in [0.25, 0.3) is 5.91 Å². The van der Waals surface area contributed by atoms with Crippen molar-refractivity contribution in [1.29, 1.82) is 0 Å². The molecule has 0 saturated heterocycles. The first kappa shape index (κ1) is 19.1. The molecular formula is C20H25FN2O2. The van der Waals surface area contributed by atoms with Gasteiger partial charge in [-0.3, -0.25) is 4.79 Å². The van der Waals surface area contributed by atoms with E-state index in [1.165, 1.54) is 12.1 Å². The lowest BCUT2D eigenvalue weighted by Gasteiger charge is -2.25. The molecule has 0 aliphatic carbocycles. The van der Waals surface area contributed by atoms with Crippen molar-refractivity contribution in [3.63, 3.8) is 0 Å². The number of nitrogens with zero attached hydrogens (tertiary/aromatic N) is 2. The highest BCUT2D eigenvalue weighted by Crippen LogP contribution is 2.13. The van der Waals surface area contributed by atoms with Gasteiger partial charge in [-0.15, -0.1) is 0 Å². The van der Waals surface area contributed by atoms with E-state index >= 15 is 0 Å². The second kappa shape index (κ2) is 9.30. The topological polar surface area (TPSA) is 32.8 Å². The summed E-state index contributed by atoms with van der Waals surface area (Å²) in [5.74, 6) is -0.350. The lowest BCUT2D eigenvalue weighted by atomic mass is 10.1. The quantitative estimate of drug-likeness (QED) is 0.737. The summed E-state index contributed by atoms with van der Waals surface area (Å²) in [5, 5.41) is 0. The van der Waals surface area contributed by atoms with Crippen molar-refractivity contribution in [2.45, 2.75) is 13.2 Å². The Morgan fingerprint density at radius 3 is 2.36 bits per heavy atom. The summed E-state index contributed by atoms with van der Waals surface area (Å²) in [6.45, 7) is 2.21. The van der Waals surface area contributed by atoms with Crippen LogP contribution in [0.25, 0.3) is 0 Å². The molecule has 134 valence electrons. The van der Waals surface area contributed by atoms with Crippen LogP contribution >= 0.6 is 0 Å². The maximum Gasteiger partial charge on any atom is 0.254 e. The lowest BCUT2D eigenvalue weighted by molar-refractivity contribution is 0.0731. The van der Waals surface area contributed by atoms with E-state index in [2.05, 4.69) is 0 Å². The van der Waals surface area contributed by atoms with Gasteiger partial charge in [-0.2, -0.15) is 0 Å². The van der Waals surface area contributed by atoms with E-state index in [1.807, 2.05) is 49.3 Å². The Bertz CT molecular complexity index is 686. The monoisotopic (exact) mass is 344 g/mol. The third-order valence-electron chi connectivity index (χ3n) is 3.88. The van der Waals surface area contributed by atoms with Crippen LogP contribution in [0.5, 0.6) is 0 Å². The maximum absolute atomic E-state index is 13.4. The van der Waals surface area contributed by atoms with Crippen LogP contribution in [0.15, 0.2) is 48.5 Å². The highest BCUT2D eigenvalue weighted by molar-refractivity contribution is 5.94. The standard InChI is InChI=1S/C20H25FN2O2/c1-22(2)11-12-23(14-17-5-4-6-19(21)13-17)20(24)18-9-7-16(8-10-18)15-25-3/h4-10,13H,11-12,14-15H2,1-3H3. The van der Waals surface area contributed by atoms with Gasteiger partial charge in [-0.25, -0.2) is 4.39 Å². The number of benzene rings is 2. The van der Waals surface area contributed by atoms with Crippen LogP contribution in [0.1, 0.15) is 21.5 Å². The van der Waals surface area contributed by atoms with Crippen molar-refractivity contribution < 1.29 is 13.9 Å². The molecule has 25 heavy (non-hydrogen) atoms. The summed E-state index contributed by atoms with van der Waals surface area (Å²) in [4.78, 5) is 16.7. The van der Waals surface area contributed by atoms with Crippen molar-refractivity contribution in [3.05, 3.63) is 71.0 Å². The van der Waals surface area contributed by atoms with Crippen LogP contribution in [-0.4, -0.2) is 50.0 Å². The largest absolute Gasteiger partial charge is 0.380 e.